The summed E-state index contributed by atoms with van der Waals surface area (Å²) in [6.07, 6.45) is 0. The van der Waals surface area contributed by atoms with Crippen LogP contribution in [0.3, 0.4) is 0 Å². The van der Waals surface area contributed by atoms with Crippen molar-refractivity contribution in [2.24, 2.45) is 0 Å². The van der Waals surface area contributed by atoms with Crippen molar-refractivity contribution >= 4 is 23.4 Å². The Labute approximate surface area is 195 Å². The smallest absolute Gasteiger partial charge is 0.255 e. The number of rotatable bonds is 6. The van der Waals surface area contributed by atoms with E-state index < -0.39 is 0 Å². The van der Waals surface area contributed by atoms with E-state index in [0.29, 0.717) is 28.5 Å². The molecule has 5 rings (SSSR count). The molecule has 1 aliphatic rings. The third-order valence-electron chi connectivity index (χ3n) is 5.30. The Hall–Kier alpha value is -3.78. The average molecular weight is 459 g/mol. The molecule has 1 aromatic heterocycles. The minimum absolute atomic E-state index is 0.178. The number of nitrogens with zero attached hydrogens (tertiary/aromatic N) is 3. The maximum absolute atomic E-state index is 12.6. The molecule has 1 amide bonds. The van der Waals surface area contributed by atoms with Crippen LogP contribution in [-0.2, 0) is 5.75 Å². The van der Waals surface area contributed by atoms with E-state index in [4.69, 9.17) is 9.47 Å². The summed E-state index contributed by atoms with van der Waals surface area (Å²) in [6, 6.07) is 21.2. The van der Waals surface area contributed by atoms with Gasteiger partial charge in [-0.15, -0.1) is 10.2 Å². The topological polar surface area (TPSA) is 78.3 Å². The second-order valence-electron chi connectivity index (χ2n) is 7.71. The molecule has 0 saturated carbocycles. The first kappa shape index (κ1) is 21.1. The molecule has 0 unspecified atom stereocenters. The molecule has 1 aliphatic heterocycles. The van der Waals surface area contributed by atoms with Crippen LogP contribution in [0.1, 0.15) is 27.3 Å². The fourth-order valence-electron chi connectivity index (χ4n) is 3.51. The average Bonchev–Trinajstić information content (AvgIpc) is 3.44. The molecule has 0 bridgehead atoms. The number of nitrogens with one attached hydrogen (secondary N) is 1. The summed E-state index contributed by atoms with van der Waals surface area (Å²) < 4.78 is 12.7. The number of hydrogen-bond donors (Lipinski definition) is 1. The molecular weight excluding hydrogens is 436 g/mol. The number of fused-ring (bicyclic) bond motifs is 1. The Kier molecular flexibility index (Phi) is 5.75. The summed E-state index contributed by atoms with van der Waals surface area (Å²) in [7, 11) is 0. The molecule has 3 aromatic carbocycles. The van der Waals surface area contributed by atoms with Crippen molar-refractivity contribution in [1.82, 2.24) is 14.8 Å². The molecule has 8 heteroatoms. The Morgan fingerprint density at radius 2 is 1.73 bits per heavy atom. The van der Waals surface area contributed by atoms with Crippen molar-refractivity contribution < 1.29 is 14.3 Å². The summed E-state index contributed by atoms with van der Waals surface area (Å²) in [4.78, 5) is 12.6. The maximum Gasteiger partial charge on any atom is 0.255 e. The van der Waals surface area contributed by atoms with E-state index in [2.05, 4.69) is 51.3 Å². The second kappa shape index (κ2) is 8.99. The van der Waals surface area contributed by atoms with Crippen LogP contribution in [0.15, 0.2) is 71.9 Å². The highest BCUT2D eigenvalue weighted by atomic mass is 32.2. The Morgan fingerprint density at radius 1 is 0.970 bits per heavy atom. The van der Waals surface area contributed by atoms with Crippen LogP contribution >= 0.6 is 11.8 Å². The van der Waals surface area contributed by atoms with Gasteiger partial charge in [0.05, 0.1) is 0 Å². The standard InChI is InChI=1S/C25H22N4O3S/c1-16-3-10-21(11-4-16)29-17(2)27-28-25(29)33-14-18-5-7-19(8-6-18)24(30)26-20-9-12-22-23(13-20)32-15-31-22/h3-13H,14-15H2,1-2H3,(H,26,30). The Balaban J connectivity index is 1.24. The molecule has 0 spiro atoms. The van der Waals surface area contributed by atoms with Crippen LogP contribution in [-0.4, -0.2) is 27.5 Å². The number of ether oxygens (including phenoxy) is 2. The monoisotopic (exact) mass is 458 g/mol. The highest BCUT2D eigenvalue weighted by Crippen LogP contribution is 2.34. The minimum atomic E-state index is -0.178. The van der Waals surface area contributed by atoms with Gasteiger partial charge in [0, 0.05) is 28.8 Å². The first-order valence-electron chi connectivity index (χ1n) is 10.5. The van der Waals surface area contributed by atoms with Gasteiger partial charge in [0.2, 0.25) is 6.79 Å². The summed E-state index contributed by atoms with van der Waals surface area (Å²) >= 11 is 1.61. The molecule has 166 valence electrons. The lowest BCUT2D eigenvalue weighted by Gasteiger charge is -2.09. The van der Waals surface area contributed by atoms with Gasteiger partial charge >= 0.3 is 0 Å². The van der Waals surface area contributed by atoms with E-state index in [1.165, 1.54) is 5.56 Å². The number of benzene rings is 3. The summed E-state index contributed by atoms with van der Waals surface area (Å²) in [6.45, 7) is 4.22. The zero-order valence-corrected chi connectivity index (χ0v) is 19.1. The van der Waals surface area contributed by atoms with E-state index in [1.807, 2.05) is 31.2 Å². The summed E-state index contributed by atoms with van der Waals surface area (Å²) in [5.74, 6) is 2.70. The molecular formula is C25H22N4O3S. The largest absolute Gasteiger partial charge is 0.454 e. The quantitative estimate of drug-likeness (QED) is 0.402. The van der Waals surface area contributed by atoms with E-state index >= 15 is 0 Å². The number of carbonyl (C=O) groups is 1. The highest BCUT2D eigenvalue weighted by molar-refractivity contribution is 7.98. The molecule has 7 nitrogen and oxygen atoms in total. The number of amides is 1. The van der Waals surface area contributed by atoms with Gasteiger partial charge in [-0.3, -0.25) is 9.36 Å². The van der Waals surface area contributed by atoms with Crippen molar-refractivity contribution in [3.05, 3.63) is 89.2 Å². The predicted octanol–water partition coefficient (Wildman–Crippen LogP) is 5.16. The maximum atomic E-state index is 12.6. The number of aromatic nitrogens is 3. The molecule has 0 atom stereocenters. The zero-order valence-electron chi connectivity index (χ0n) is 18.2. The number of thioether (sulfide) groups is 1. The SMILES string of the molecule is Cc1ccc(-n2c(C)nnc2SCc2ccc(C(=O)Nc3ccc4c(c3)OCO4)cc2)cc1. The normalized spacial score (nSPS) is 12.1. The first-order valence-corrected chi connectivity index (χ1v) is 11.5. The number of aryl methyl sites for hydroxylation is 2. The Bertz CT molecular complexity index is 1300. The van der Waals surface area contributed by atoms with Crippen molar-refractivity contribution in [1.29, 1.82) is 0 Å². The number of anilines is 1. The van der Waals surface area contributed by atoms with E-state index in [1.54, 1.807) is 30.0 Å². The minimum Gasteiger partial charge on any atom is -0.454 e. The van der Waals surface area contributed by atoms with Crippen molar-refractivity contribution in [2.45, 2.75) is 24.8 Å². The summed E-state index contributed by atoms with van der Waals surface area (Å²) in [5, 5.41) is 12.3. The van der Waals surface area contributed by atoms with E-state index in [9.17, 15) is 4.79 Å². The van der Waals surface area contributed by atoms with Gasteiger partial charge in [-0.25, -0.2) is 0 Å². The van der Waals surface area contributed by atoms with Gasteiger partial charge in [-0.05, 0) is 55.8 Å². The lowest BCUT2D eigenvalue weighted by molar-refractivity contribution is 0.102. The van der Waals surface area contributed by atoms with Gasteiger partial charge in [0.25, 0.3) is 5.91 Å². The fourth-order valence-corrected chi connectivity index (χ4v) is 4.46. The molecule has 1 N–H and O–H groups in total. The molecule has 0 saturated heterocycles. The molecule has 0 aliphatic carbocycles. The first-order chi connectivity index (χ1) is 16.1. The molecule has 33 heavy (non-hydrogen) atoms. The van der Waals surface area contributed by atoms with Crippen LogP contribution in [0, 0.1) is 13.8 Å². The van der Waals surface area contributed by atoms with Crippen LogP contribution < -0.4 is 14.8 Å². The van der Waals surface area contributed by atoms with Crippen molar-refractivity contribution in [3.63, 3.8) is 0 Å². The van der Waals surface area contributed by atoms with Gasteiger partial charge < -0.3 is 14.8 Å². The van der Waals surface area contributed by atoms with Gasteiger partial charge in [-0.2, -0.15) is 0 Å². The third-order valence-corrected chi connectivity index (χ3v) is 6.30. The number of carbonyl (C=O) groups excluding carboxylic acids is 1. The molecule has 0 fully saturated rings. The van der Waals surface area contributed by atoms with Gasteiger partial charge in [0.1, 0.15) is 5.82 Å². The van der Waals surface area contributed by atoms with Crippen molar-refractivity contribution in [3.8, 4) is 17.2 Å². The van der Waals surface area contributed by atoms with Crippen molar-refractivity contribution in [2.75, 3.05) is 12.1 Å². The Morgan fingerprint density at radius 3 is 2.52 bits per heavy atom. The van der Waals surface area contributed by atoms with Crippen LogP contribution in [0.5, 0.6) is 11.5 Å². The lowest BCUT2D eigenvalue weighted by Crippen LogP contribution is -2.11. The third kappa shape index (κ3) is 4.56. The fraction of sp³-hybridized carbons (Fsp3) is 0.160. The zero-order chi connectivity index (χ0) is 22.8. The van der Waals surface area contributed by atoms with Crippen LogP contribution in [0.25, 0.3) is 5.69 Å². The van der Waals surface area contributed by atoms with E-state index in [-0.39, 0.29) is 12.7 Å². The second-order valence-corrected chi connectivity index (χ2v) is 8.65. The molecule has 4 aromatic rings. The summed E-state index contributed by atoms with van der Waals surface area (Å²) in [5.41, 5.74) is 4.59. The van der Waals surface area contributed by atoms with Crippen LogP contribution in [0.2, 0.25) is 0 Å². The highest BCUT2D eigenvalue weighted by Gasteiger charge is 2.15. The van der Waals surface area contributed by atoms with Gasteiger partial charge in [0.15, 0.2) is 16.7 Å². The number of hydrogen-bond acceptors (Lipinski definition) is 6. The van der Waals surface area contributed by atoms with Crippen LogP contribution in [0.4, 0.5) is 5.69 Å². The lowest BCUT2D eigenvalue weighted by atomic mass is 10.1. The molecule has 0 radical (unpaired) electrons. The predicted molar refractivity (Wildman–Crippen MR) is 127 cm³/mol. The molecule has 2 heterocycles. The van der Waals surface area contributed by atoms with E-state index in [0.717, 1.165) is 22.2 Å². The van der Waals surface area contributed by atoms with Gasteiger partial charge in [-0.1, -0.05) is 41.6 Å².